The van der Waals surface area contributed by atoms with Crippen LogP contribution in [0.1, 0.15) is 139 Å². The summed E-state index contributed by atoms with van der Waals surface area (Å²) < 4.78 is 5.67. The number of esters is 1. The van der Waals surface area contributed by atoms with Crippen LogP contribution in [-0.2, 0) is 33.5 Å². The third-order valence-corrected chi connectivity index (χ3v) is 10.7. The molecule has 1 aliphatic carbocycles. The molecule has 2 N–H and O–H groups in total. The molecule has 3 aliphatic rings. The van der Waals surface area contributed by atoms with Gasteiger partial charge in [0.25, 0.3) is 5.91 Å². The summed E-state index contributed by atoms with van der Waals surface area (Å²) in [4.78, 5) is 81.5. The smallest absolute Gasteiger partial charge is 0.310 e. The normalized spacial score (nSPS) is 28.8. The van der Waals surface area contributed by atoms with Crippen LogP contribution in [0.5, 0.6) is 0 Å². The Bertz CT molecular complexity index is 1160. The standard InChI is InChI=1S/C37H60N2O7/c1-35(2,3)26(34(45)46-36(4,5)6)21-25(40)19-24-18-16-14-12-10-9-11-13-15-17-23(31(42)32(38)43)20-28(41)30-29-27(37(29,7)8)22-39(30)33(24)44/h23-24,26-27,29-30H,9-22H2,1-8H3,(H2,38,43)/t23-,24-,26-,27+,29+,30-/m1/s1. The van der Waals surface area contributed by atoms with Crippen molar-refractivity contribution in [3.8, 4) is 0 Å². The van der Waals surface area contributed by atoms with E-state index in [-0.39, 0.29) is 54.0 Å². The molecule has 2 heterocycles. The zero-order chi connectivity index (χ0) is 34.6. The first kappa shape index (κ1) is 37.9. The third-order valence-electron chi connectivity index (χ3n) is 10.7. The number of fused-ring (bicyclic) bond motifs is 3. The quantitative estimate of drug-likeness (QED) is 0.265. The fourth-order valence-corrected chi connectivity index (χ4v) is 7.86. The Labute approximate surface area is 276 Å². The Kier molecular flexibility index (Phi) is 12.4. The number of nitrogens with two attached hydrogens (primary N) is 1. The minimum atomic E-state index is -1.02. The van der Waals surface area contributed by atoms with Gasteiger partial charge < -0.3 is 15.4 Å². The first-order chi connectivity index (χ1) is 21.3. The van der Waals surface area contributed by atoms with Gasteiger partial charge in [-0.05, 0) is 56.3 Å². The fraction of sp³-hybridized carbons (Fsp3) is 0.838. The molecule has 0 bridgehead atoms. The predicted octanol–water partition coefficient (Wildman–Crippen LogP) is 5.98. The van der Waals surface area contributed by atoms with Crippen molar-refractivity contribution in [2.45, 2.75) is 151 Å². The molecule has 0 radical (unpaired) electrons. The average Bonchev–Trinajstić information content (AvgIpc) is 3.25. The Morgan fingerprint density at radius 2 is 1.43 bits per heavy atom. The van der Waals surface area contributed by atoms with E-state index in [2.05, 4.69) is 13.8 Å². The molecule has 9 nitrogen and oxygen atoms in total. The molecule has 46 heavy (non-hydrogen) atoms. The van der Waals surface area contributed by atoms with E-state index in [1.54, 1.807) is 25.7 Å². The molecule has 2 saturated heterocycles. The molecule has 0 aromatic rings. The summed E-state index contributed by atoms with van der Waals surface area (Å²) in [6, 6.07) is -0.687. The first-order valence-corrected chi connectivity index (χ1v) is 17.7. The summed E-state index contributed by atoms with van der Waals surface area (Å²) in [6.07, 6.45) is 8.44. The number of carbonyl (C=O) groups is 6. The van der Waals surface area contributed by atoms with Crippen molar-refractivity contribution in [2.24, 2.45) is 46.2 Å². The van der Waals surface area contributed by atoms with Gasteiger partial charge in [-0.2, -0.15) is 0 Å². The lowest BCUT2D eigenvalue weighted by Gasteiger charge is -2.34. The number of ketones is 3. The average molecular weight is 645 g/mol. The maximum absolute atomic E-state index is 14.3. The number of Topliss-reactive ketones (excluding diaryl/α,β-unsaturated/α-hetero) is 3. The summed E-state index contributed by atoms with van der Waals surface area (Å²) in [6.45, 7) is 15.8. The molecular formula is C37H60N2O7. The summed E-state index contributed by atoms with van der Waals surface area (Å²) >= 11 is 0. The molecule has 0 aromatic heterocycles. The maximum Gasteiger partial charge on any atom is 0.310 e. The van der Waals surface area contributed by atoms with Crippen LogP contribution >= 0.6 is 0 Å². The van der Waals surface area contributed by atoms with Crippen LogP contribution in [0.25, 0.3) is 0 Å². The molecular weight excluding hydrogens is 584 g/mol. The topological polar surface area (TPSA) is 141 Å². The van der Waals surface area contributed by atoms with Crippen molar-refractivity contribution >= 4 is 35.1 Å². The van der Waals surface area contributed by atoms with Gasteiger partial charge in [0.05, 0.1) is 12.0 Å². The van der Waals surface area contributed by atoms with E-state index < -0.39 is 52.5 Å². The number of amides is 2. The lowest BCUT2D eigenvalue weighted by molar-refractivity contribution is -0.165. The lowest BCUT2D eigenvalue weighted by Crippen LogP contribution is -2.49. The van der Waals surface area contributed by atoms with Gasteiger partial charge in [-0.15, -0.1) is 0 Å². The molecule has 9 heteroatoms. The monoisotopic (exact) mass is 644 g/mol. The molecule has 1 saturated carbocycles. The summed E-state index contributed by atoms with van der Waals surface area (Å²) in [5.74, 6) is -4.59. The number of piperidine rings is 1. The van der Waals surface area contributed by atoms with Crippen LogP contribution in [0, 0.1) is 40.4 Å². The number of carbonyl (C=O) groups excluding carboxylic acids is 6. The van der Waals surface area contributed by atoms with Gasteiger partial charge in [0.15, 0.2) is 5.78 Å². The van der Waals surface area contributed by atoms with E-state index in [0.717, 1.165) is 51.4 Å². The van der Waals surface area contributed by atoms with Crippen LogP contribution < -0.4 is 5.73 Å². The van der Waals surface area contributed by atoms with Gasteiger partial charge in [0.1, 0.15) is 11.4 Å². The van der Waals surface area contributed by atoms with Gasteiger partial charge in [-0.3, -0.25) is 28.8 Å². The van der Waals surface area contributed by atoms with Crippen LogP contribution in [0.3, 0.4) is 0 Å². The molecule has 6 atom stereocenters. The molecule has 2 aliphatic heterocycles. The van der Waals surface area contributed by atoms with Crippen molar-refractivity contribution in [1.29, 1.82) is 0 Å². The van der Waals surface area contributed by atoms with Crippen molar-refractivity contribution in [2.75, 3.05) is 6.54 Å². The van der Waals surface area contributed by atoms with Crippen molar-refractivity contribution < 1.29 is 33.5 Å². The first-order valence-electron chi connectivity index (χ1n) is 17.7. The van der Waals surface area contributed by atoms with Gasteiger partial charge in [-0.1, -0.05) is 86.0 Å². The Morgan fingerprint density at radius 1 is 0.891 bits per heavy atom. The van der Waals surface area contributed by atoms with Gasteiger partial charge >= 0.3 is 5.97 Å². The van der Waals surface area contributed by atoms with E-state index in [1.807, 2.05) is 20.8 Å². The molecule has 3 rings (SSSR count). The summed E-state index contributed by atoms with van der Waals surface area (Å²) in [5, 5.41) is 0. The minimum absolute atomic E-state index is 0.00708. The van der Waals surface area contributed by atoms with Crippen molar-refractivity contribution in [3.05, 3.63) is 0 Å². The van der Waals surface area contributed by atoms with Crippen molar-refractivity contribution in [3.63, 3.8) is 0 Å². The Morgan fingerprint density at radius 3 is 1.96 bits per heavy atom. The molecule has 2 amide bonds. The third kappa shape index (κ3) is 9.72. The van der Waals surface area contributed by atoms with E-state index in [9.17, 15) is 28.8 Å². The van der Waals surface area contributed by atoms with E-state index >= 15 is 0 Å². The molecule has 0 spiro atoms. The predicted molar refractivity (Wildman–Crippen MR) is 176 cm³/mol. The van der Waals surface area contributed by atoms with Crippen LogP contribution in [-0.4, -0.2) is 58.2 Å². The number of hydrogen-bond donors (Lipinski definition) is 1. The number of rotatable bonds is 7. The Balaban J connectivity index is 1.87. The van der Waals surface area contributed by atoms with E-state index in [4.69, 9.17) is 10.5 Å². The highest BCUT2D eigenvalue weighted by atomic mass is 16.6. The fourth-order valence-electron chi connectivity index (χ4n) is 7.86. The summed E-state index contributed by atoms with van der Waals surface area (Å²) in [5.41, 5.74) is 4.07. The number of ether oxygens (including phenoxy) is 1. The largest absolute Gasteiger partial charge is 0.460 e. The molecule has 3 fully saturated rings. The molecule has 260 valence electrons. The number of hydrogen-bond acceptors (Lipinski definition) is 7. The number of primary amides is 1. The lowest BCUT2D eigenvalue weighted by atomic mass is 9.76. The highest BCUT2D eigenvalue weighted by molar-refractivity contribution is 6.36. The molecule has 0 aromatic carbocycles. The van der Waals surface area contributed by atoms with E-state index in [1.165, 1.54) is 0 Å². The van der Waals surface area contributed by atoms with Gasteiger partial charge in [-0.25, -0.2) is 0 Å². The van der Waals surface area contributed by atoms with Crippen LogP contribution in [0.4, 0.5) is 0 Å². The molecule has 0 unspecified atom stereocenters. The second-order valence-corrected chi connectivity index (χ2v) is 17.0. The second kappa shape index (κ2) is 15.1. The zero-order valence-electron chi connectivity index (χ0n) is 29.7. The maximum atomic E-state index is 14.3. The second-order valence-electron chi connectivity index (χ2n) is 17.0. The van der Waals surface area contributed by atoms with Crippen molar-refractivity contribution in [1.82, 2.24) is 4.90 Å². The highest BCUT2D eigenvalue weighted by Gasteiger charge is 2.69. The van der Waals surface area contributed by atoms with Gasteiger partial charge in [0.2, 0.25) is 11.7 Å². The van der Waals surface area contributed by atoms with Gasteiger partial charge in [0, 0.05) is 37.6 Å². The van der Waals surface area contributed by atoms with Crippen LogP contribution in [0.15, 0.2) is 0 Å². The number of nitrogens with zero attached hydrogens (tertiary/aromatic N) is 1. The van der Waals surface area contributed by atoms with E-state index in [0.29, 0.717) is 19.4 Å². The Hall–Kier alpha value is -2.58. The highest BCUT2D eigenvalue weighted by Crippen LogP contribution is 2.65. The SMILES string of the molecule is CC(C)(C)OC(=O)[C@@H](CC(=O)C[C@H]1CCCCCCCCCC[C@@H](C(=O)C(N)=O)CC(=O)[C@@H]2[C@@H]3[C@H](CN2C1=O)C3(C)C)C(C)(C)C. The summed E-state index contributed by atoms with van der Waals surface area (Å²) in [7, 11) is 0. The zero-order valence-corrected chi connectivity index (χ0v) is 29.7. The van der Waals surface area contributed by atoms with Crippen LogP contribution in [0.2, 0.25) is 0 Å². The minimum Gasteiger partial charge on any atom is -0.460 e.